The smallest absolute Gasteiger partial charge is 0.254 e. The van der Waals surface area contributed by atoms with Crippen LogP contribution in [0.2, 0.25) is 0 Å². The molecule has 1 aliphatic rings. The van der Waals surface area contributed by atoms with E-state index in [-0.39, 0.29) is 12.0 Å². The molecule has 0 spiro atoms. The van der Waals surface area contributed by atoms with Gasteiger partial charge in [-0.05, 0) is 47.6 Å². The summed E-state index contributed by atoms with van der Waals surface area (Å²) in [6, 6.07) is 3.74. The lowest BCUT2D eigenvalue weighted by Crippen LogP contribution is -2.27. The number of carbonyl (C=O) groups excluding carboxylic acids is 1. The van der Waals surface area contributed by atoms with Gasteiger partial charge in [-0.2, -0.15) is 0 Å². The minimum atomic E-state index is -0.303. The molecule has 2 rings (SSSR count). The lowest BCUT2D eigenvalue weighted by Gasteiger charge is -2.10. The fraction of sp³-hybridized carbons (Fsp3) is 0.400. The number of amides is 1. The minimum absolute atomic E-state index is 0.0934. The van der Waals surface area contributed by atoms with Gasteiger partial charge in [0.1, 0.15) is 11.9 Å². The van der Waals surface area contributed by atoms with E-state index in [4.69, 9.17) is 4.74 Å². The van der Waals surface area contributed by atoms with E-state index in [1.54, 1.807) is 6.20 Å². The predicted molar refractivity (Wildman–Crippen MR) is 64.6 cm³/mol. The van der Waals surface area contributed by atoms with Crippen LogP contribution < -0.4 is 5.32 Å². The van der Waals surface area contributed by atoms with E-state index in [9.17, 15) is 4.79 Å². The summed E-state index contributed by atoms with van der Waals surface area (Å²) >= 11 is 2.14. The highest BCUT2D eigenvalue weighted by atomic mass is 127. The van der Waals surface area contributed by atoms with Crippen LogP contribution in [0.1, 0.15) is 12.8 Å². The summed E-state index contributed by atoms with van der Waals surface area (Å²) in [6.07, 6.45) is 3.11. The van der Waals surface area contributed by atoms with Crippen molar-refractivity contribution in [2.24, 2.45) is 0 Å². The largest absolute Gasteiger partial charge is 0.368 e. The Bertz CT molecular complexity index is 364. The third-order valence-corrected chi connectivity index (χ3v) is 3.09. The van der Waals surface area contributed by atoms with Crippen molar-refractivity contribution in [3.05, 3.63) is 21.9 Å². The van der Waals surface area contributed by atoms with Crippen molar-refractivity contribution in [1.82, 2.24) is 4.98 Å². The number of hydrogen-bond acceptors (Lipinski definition) is 3. The first-order chi connectivity index (χ1) is 7.27. The first kappa shape index (κ1) is 10.8. The second-order valence-electron chi connectivity index (χ2n) is 3.32. The van der Waals surface area contributed by atoms with E-state index in [1.165, 1.54) is 0 Å². The average Bonchev–Trinajstić information content (AvgIpc) is 2.74. The van der Waals surface area contributed by atoms with Gasteiger partial charge in [0.25, 0.3) is 5.91 Å². The summed E-state index contributed by atoms with van der Waals surface area (Å²) in [7, 11) is 0. The molecule has 1 aromatic heterocycles. The zero-order valence-corrected chi connectivity index (χ0v) is 10.2. The molecule has 0 radical (unpaired) electrons. The third kappa shape index (κ3) is 2.66. The van der Waals surface area contributed by atoms with E-state index in [0.717, 1.165) is 16.4 Å². The van der Waals surface area contributed by atoms with Gasteiger partial charge < -0.3 is 10.1 Å². The molecule has 0 aliphatic carbocycles. The Balaban J connectivity index is 2.02. The van der Waals surface area contributed by atoms with Crippen LogP contribution >= 0.6 is 22.6 Å². The summed E-state index contributed by atoms with van der Waals surface area (Å²) in [6.45, 7) is 0.678. The highest BCUT2D eigenvalue weighted by molar-refractivity contribution is 14.1. The van der Waals surface area contributed by atoms with Gasteiger partial charge in [-0.3, -0.25) is 4.79 Å². The Hall–Kier alpha value is -0.690. The van der Waals surface area contributed by atoms with Crippen molar-refractivity contribution in [1.29, 1.82) is 0 Å². The van der Waals surface area contributed by atoms with Crippen molar-refractivity contribution in [3.8, 4) is 0 Å². The van der Waals surface area contributed by atoms with E-state index in [2.05, 4.69) is 32.9 Å². The molecule has 0 aromatic carbocycles. The molecule has 1 fully saturated rings. The van der Waals surface area contributed by atoms with Crippen molar-refractivity contribution >= 4 is 34.3 Å². The molecule has 80 valence electrons. The number of pyridine rings is 1. The molecule has 0 bridgehead atoms. The van der Waals surface area contributed by atoms with Gasteiger partial charge in [-0.15, -0.1) is 0 Å². The number of anilines is 1. The van der Waals surface area contributed by atoms with Crippen LogP contribution in [0.5, 0.6) is 0 Å². The van der Waals surface area contributed by atoms with Crippen LogP contribution in [0, 0.1) is 3.57 Å². The Morgan fingerprint density at radius 1 is 1.67 bits per heavy atom. The molecule has 0 saturated carbocycles. The van der Waals surface area contributed by atoms with E-state index >= 15 is 0 Å². The van der Waals surface area contributed by atoms with Crippen molar-refractivity contribution < 1.29 is 9.53 Å². The van der Waals surface area contributed by atoms with Gasteiger partial charge in [-0.1, -0.05) is 0 Å². The van der Waals surface area contributed by atoms with Crippen molar-refractivity contribution in [2.75, 3.05) is 11.9 Å². The monoisotopic (exact) mass is 318 g/mol. The minimum Gasteiger partial charge on any atom is -0.368 e. The lowest BCUT2D eigenvalue weighted by atomic mass is 10.2. The van der Waals surface area contributed by atoms with Crippen molar-refractivity contribution in [3.63, 3.8) is 0 Å². The SMILES string of the molecule is O=C(Nc1ncccc1I)[C@H]1CCCO1. The standard InChI is InChI=1S/C10H11IN2O2/c11-7-3-1-5-12-9(7)13-10(14)8-4-2-6-15-8/h1,3,5,8H,2,4,6H2,(H,12,13,14)/t8-/m1/s1. The Morgan fingerprint density at radius 2 is 2.53 bits per heavy atom. The number of aromatic nitrogens is 1. The Labute approximate surface area is 102 Å². The molecule has 1 saturated heterocycles. The molecule has 0 unspecified atom stereocenters. The molecule has 1 aromatic rings. The number of halogens is 1. The fourth-order valence-electron chi connectivity index (χ4n) is 1.46. The van der Waals surface area contributed by atoms with Crippen LogP contribution in [0.25, 0.3) is 0 Å². The van der Waals surface area contributed by atoms with Gasteiger partial charge >= 0.3 is 0 Å². The molecule has 1 atom stereocenters. The van der Waals surface area contributed by atoms with Crippen molar-refractivity contribution in [2.45, 2.75) is 18.9 Å². The number of ether oxygens (including phenoxy) is 1. The van der Waals surface area contributed by atoms with Gasteiger partial charge in [0.2, 0.25) is 0 Å². The predicted octanol–water partition coefficient (Wildman–Crippen LogP) is 1.80. The molecule has 1 N–H and O–H groups in total. The number of rotatable bonds is 2. The second kappa shape index (κ2) is 4.89. The highest BCUT2D eigenvalue weighted by Gasteiger charge is 2.24. The fourth-order valence-corrected chi connectivity index (χ4v) is 1.94. The average molecular weight is 318 g/mol. The summed E-state index contributed by atoms with van der Waals surface area (Å²) in [5, 5.41) is 2.77. The highest BCUT2D eigenvalue weighted by Crippen LogP contribution is 2.17. The second-order valence-corrected chi connectivity index (χ2v) is 4.49. The summed E-state index contributed by atoms with van der Waals surface area (Å²) in [5.74, 6) is 0.516. The van der Waals surface area contributed by atoms with Crippen LogP contribution in [0.3, 0.4) is 0 Å². The van der Waals surface area contributed by atoms with Crippen LogP contribution in [0.15, 0.2) is 18.3 Å². The van der Waals surface area contributed by atoms with Gasteiger partial charge in [0.05, 0.1) is 3.57 Å². The quantitative estimate of drug-likeness (QED) is 0.846. The maximum absolute atomic E-state index is 11.7. The van der Waals surface area contributed by atoms with Crippen LogP contribution in [-0.2, 0) is 9.53 Å². The number of nitrogens with one attached hydrogen (secondary N) is 1. The molecule has 2 heterocycles. The number of carbonyl (C=O) groups is 1. The molecular weight excluding hydrogens is 307 g/mol. The Morgan fingerprint density at radius 3 is 3.20 bits per heavy atom. The summed E-state index contributed by atoms with van der Waals surface area (Å²) in [5.41, 5.74) is 0. The van der Waals surface area contributed by atoms with Gasteiger partial charge in [0, 0.05) is 12.8 Å². The van der Waals surface area contributed by atoms with E-state index in [1.807, 2.05) is 12.1 Å². The summed E-state index contributed by atoms with van der Waals surface area (Å²) < 4.78 is 6.22. The van der Waals surface area contributed by atoms with E-state index in [0.29, 0.717) is 12.4 Å². The van der Waals surface area contributed by atoms with Crippen LogP contribution in [-0.4, -0.2) is 23.6 Å². The maximum atomic E-state index is 11.7. The normalized spacial score (nSPS) is 20.2. The zero-order chi connectivity index (χ0) is 10.7. The van der Waals surface area contributed by atoms with Crippen LogP contribution in [0.4, 0.5) is 5.82 Å². The topological polar surface area (TPSA) is 51.2 Å². The zero-order valence-electron chi connectivity index (χ0n) is 8.07. The molecule has 5 heteroatoms. The molecule has 1 aliphatic heterocycles. The molecule has 1 amide bonds. The lowest BCUT2D eigenvalue weighted by molar-refractivity contribution is -0.124. The first-order valence-electron chi connectivity index (χ1n) is 4.80. The number of hydrogen-bond donors (Lipinski definition) is 1. The van der Waals surface area contributed by atoms with E-state index < -0.39 is 0 Å². The third-order valence-electron chi connectivity index (χ3n) is 2.22. The molecule has 4 nitrogen and oxygen atoms in total. The summed E-state index contributed by atoms with van der Waals surface area (Å²) in [4.78, 5) is 15.8. The molecule has 15 heavy (non-hydrogen) atoms. The maximum Gasteiger partial charge on any atom is 0.254 e. The first-order valence-corrected chi connectivity index (χ1v) is 5.88. The van der Waals surface area contributed by atoms with Gasteiger partial charge in [0.15, 0.2) is 0 Å². The number of nitrogens with zero attached hydrogens (tertiary/aromatic N) is 1. The Kier molecular flexibility index (Phi) is 3.53. The van der Waals surface area contributed by atoms with Gasteiger partial charge in [-0.25, -0.2) is 4.98 Å². The molecular formula is C10H11IN2O2.